The highest BCUT2D eigenvalue weighted by atomic mass is 16.2. The highest BCUT2D eigenvalue weighted by Crippen LogP contribution is 2.32. The number of fused-ring (bicyclic) bond motifs is 1. The van der Waals surface area contributed by atoms with Crippen molar-refractivity contribution in [2.45, 2.75) is 6.04 Å². The van der Waals surface area contributed by atoms with Gasteiger partial charge in [-0.05, 0) is 0 Å². The predicted molar refractivity (Wildman–Crippen MR) is 62.3 cm³/mol. The first kappa shape index (κ1) is 11.4. The largest absolute Gasteiger partial charge is 0.339 e. The highest BCUT2D eigenvalue weighted by Gasteiger charge is 2.52. The Morgan fingerprint density at radius 2 is 1.89 bits per heavy atom. The van der Waals surface area contributed by atoms with Crippen LogP contribution in [0.1, 0.15) is 0 Å². The van der Waals surface area contributed by atoms with Gasteiger partial charge in [0.25, 0.3) is 0 Å². The Labute approximate surface area is 105 Å². The number of hydrogen-bond donors (Lipinski definition) is 1. The van der Waals surface area contributed by atoms with Gasteiger partial charge < -0.3 is 4.90 Å². The van der Waals surface area contributed by atoms with Crippen molar-refractivity contribution in [1.82, 2.24) is 15.1 Å². The lowest BCUT2D eigenvalue weighted by molar-refractivity contribution is -0.139. The van der Waals surface area contributed by atoms with Crippen LogP contribution in [0.5, 0.6) is 0 Å². The molecular weight excluding hydrogens is 234 g/mol. The minimum absolute atomic E-state index is 0.0404. The van der Waals surface area contributed by atoms with E-state index < -0.39 is 0 Å². The van der Waals surface area contributed by atoms with Gasteiger partial charge in [0.15, 0.2) is 0 Å². The minimum Gasteiger partial charge on any atom is -0.339 e. The molecule has 3 atom stereocenters. The Kier molecular flexibility index (Phi) is 2.48. The third kappa shape index (κ3) is 1.49. The van der Waals surface area contributed by atoms with Crippen molar-refractivity contribution >= 4 is 17.7 Å². The fourth-order valence-electron chi connectivity index (χ4n) is 2.92. The second-order valence-corrected chi connectivity index (χ2v) is 5.01. The van der Waals surface area contributed by atoms with Gasteiger partial charge in [-0.25, -0.2) is 0 Å². The van der Waals surface area contributed by atoms with Gasteiger partial charge in [0.05, 0.1) is 11.8 Å². The summed E-state index contributed by atoms with van der Waals surface area (Å²) in [5.41, 5.74) is 0. The number of hydrogen-bond acceptors (Lipinski definition) is 4. The maximum Gasteiger partial charge on any atom is 0.243 e. The molecule has 3 heterocycles. The zero-order chi connectivity index (χ0) is 12.9. The molecule has 6 heteroatoms. The van der Waals surface area contributed by atoms with Gasteiger partial charge in [-0.1, -0.05) is 12.2 Å². The number of rotatable bonds is 1. The van der Waals surface area contributed by atoms with Crippen molar-refractivity contribution in [3.8, 4) is 0 Å². The van der Waals surface area contributed by atoms with E-state index in [1.807, 2.05) is 12.2 Å². The predicted octanol–water partition coefficient (Wildman–Crippen LogP) is -1.41. The summed E-state index contributed by atoms with van der Waals surface area (Å²) in [5.74, 6) is -1.03. The zero-order valence-corrected chi connectivity index (χ0v) is 10.1. The first-order chi connectivity index (χ1) is 8.59. The molecule has 2 saturated heterocycles. The fraction of sp³-hybridized carbons (Fsp3) is 0.583. The van der Waals surface area contributed by atoms with Crippen LogP contribution in [-0.4, -0.2) is 60.2 Å². The van der Waals surface area contributed by atoms with E-state index in [-0.39, 0.29) is 35.6 Å². The molecule has 3 aliphatic heterocycles. The van der Waals surface area contributed by atoms with Crippen molar-refractivity contribution in [3.63, 3.8) is 0 Å². The molecule has 0 unspecified atom stereocenters. The van der Waals surface area contributed by atoms with E-state index in [1.54, 1.807) is 4.90 Å². The Morgan fingerprint density at radius 3 is 2.39 bits per heavy atom. The van der Waals surface area contributed by atoms with Crippen LogP contribution < -0.4 is 5.32 Å². The molecule has 0 aromatic heterocycles. The van der Waals surface area contributed by atoms with E-state index in [9.17, 15) is 14.4 Å². The summed E-state index contributed by atoms with van der Waals surface area (Å²) in [6.45, 7) is 1.42. The molecule has 3 amide bonds. The van der Waals surface area contributed by atoms with Gasteiger partial charge in [0.2, 0.25) is 17.7 Å². The van der Waals surface area contributed by atoms with E-state index in [0.29, 0.717) is 19.6 Å². The quantitative estimate of drug-likeness (QED) is 0.458. The monoisotopic (exact) mass is 249 g/mol. The van der Waals surface area contributed by atoms with Crippen LogP contribution in [0.15, 0.2) is 12.2 Å². The number of likely N-dealkylation sites (tertiary alicyclic amines) is 2. The smallest absolute Gasteiger partial charge is 0.243 e. The van der Waals surface area contributed by atoms with E-state index >= 15 is 0 Å². The Balaban J connectivity index is 1.73. The van der Waals surface area contributed by atoms with E-state index in [1.165, 1.54) is 11.9 Å². The summed E-state index contributed by atoms with van der Waals surface area (Å²) in [4.78, 5) is 38.6. The number of carbonyl (C=O) groups excluding carboxylic acids is 3. The topological polar surface area (TPSA) is 69.7 Å². The van der Waals surface area contributed by atoms with E-state index in [2.05, 4.69) is 5.32 Å². The van der Waals surface area contributed by atoms with Gasteiger partial charge in [0, 0.05) is 26.7 Å². The summed E-state index contributed by atoms with van der Waals surface area (Å²) in [5, 5.41) is 3.05. The second kappa shape index (κ2) is 3.91. The van der Waals surface area contributed by atoms with Gasteiger partial charge >= 0.3 is 0 Å². The summed E-state index contributed by atoms with van der Waals surface area (Å²) < 4.78 is 0. The van der Waals surface area contributed by atoms with Crippen LogP contribution in [0.3, 0.4) is 0 Å². The molecule has 1 N–H and O–H groups in total. The van der Waals surface area contributed by atoms with Crippen molar-refractivity contribution in [3.05, 3.63) is 12.2 Å². The SMILES string of the molecule is CN1C(=O)[C@H]2CN(C(=O)[C@@H]3C=CCN3)C[C@H]2C1=O. The van der Waals surface area contributed by atoms with Crippen molar-refractivity contribution in [2.24, 2.45) is 11.8 Å². The Morgan fingerprint density at radius 1 is 1.28 bits per heavy atom. The van der Waals surface area contributed by atoms with E-state index in [0.717, 1.165) is 0 Å². The lowest BCUT2D eigenvalue weighted by atomic mass is 10.00. The summed E-state index contributed by atoms with van der Waals surface area (Å²) in [6.07, 6.45) is 3.73. The maximum atomic E-state index is 12.1. The number of nitrogens with one attached hydrogen (secondary N) is 1. The highest BCUT2D eigenvalue weighted by molar-refractivity contribution is 6.06. The first-order valence-electron chi connectivity index (χ1n) is 6.10. The molecule has 96 valence electrons. The molecule has 3 rings (SSSR count). The Hall–Kier alpha value is -1.69. The average molecular weight is 249 g/mol. The molecule has 18 heavy (non-hydrogen) atoms. The van der Waals surface area contributed by atoms with Gasteiger partial charge in [-0.15, -0.1) is 0 Å². The summed E-state index contributed by atoms with van der Waals surface area (Å²) >= 11 is 0. The Bertz CT molecular complexity index is 435. The lowest BCUT2D eigenvalue weighted by Crippen LogP contribution is -2.44. The van der Waals surface area contributed by atoms with E-state index in [4.69, 9.17) is 0 Å². The molecule has 0 saturated carbocycles. The minimum atomic E-state index is -0.336. The maximum absolute atomic E-state index is 12.1. The molecule has 0 aromatic rings. The molecular formula is C12H15N3O3. The number of amides is 3. The molecule has 3 aliphatic rings. The molecule has 2 fully saturated rings. The third-order valence-electron chi connectivity index (χ3n) is 3.98. The van der Waals surface area contributed by atoms with Crippen molar-refractivity contribution < 1.29 is 14.4 Å². The fourth-order valence-corrected chi connectivity index (χ4v) is 2.92. The lowest BCUT2D eigenvalue weighted by Gasteiger charge is -2.21. The summed E-state index contributed by atoms with van der Waals surface area (Å²) in [7, 11) is 1.51. The first-order valence-corrected chi connectivity index (χ1v) is 6.10. The van der Waals surface area contributed by atoms with Gasteiger partial charge in [0.1, 0.15) is 6.04 Å². The number of carbonyl (C=O) groups is 3. The van der Waals surface area contributed by atoms with Crippen LogP contribution in [0.25, 0.3) is 0 Å². The summed E-state index contributed by atoms with van der Waals surface area (Å²) in [6, 6.07) is -0.299. The standard InChI is InChI=1S/C12H15N3O3/c1-14-10(16)7-5-15(6-8(7)11(14)17)12(18)9-3-2-4-13-9/h2-3,7-9,13H,4-6H2,1H3/t7-,8+,9-/m0/s1. The van der Waals surface area contributed by atoms with Crippen LogP contribution in [0.4, 0.5) is 0 Å². The zero-order valence-electron chi connectivity index (χ0n) is 10.1. The van der Waals surface area contributed by atoms with Crippen LogP contribution >= 0.6 is 0 Å². The normalized spacial score (nSPS) is 34.6. The second-order valence-electron chi connectivity index (χ2n) is 5.01. The van der Waals surface area contributed by atoms with Gasteiger partial charge in [-0.3, -0.25) is 24.6 Å². The van der Waals surface area contributed by atoms with Gasteiger partial charge in [-0.2, -0.15) is 0 Å². The van der Waals surface area contributed by atoms with Crippen LogP contribution in [0, 0.1) is 11.8 Å². The molecule has 0 spiro atoms. The molecule has 0 radical (unpaired) electrons. The number of nitrogens with zero attached hydrogens (tertiary/aromatic N) is 2. The third-order valence-corrected chi connectivity index (χ3v) is 3.98. The average Bonchev–Trinajstić information content (AvgIpc) is 3.06. The van der Waals surface area contributed by atoms with Crippen LogP contribution in [0.2, 0.25) is 0 Å². The van der Waals surface area contributed by atoms with Crippen LogP contribution in [-0.2, 0) is 14.4 Å². The molecule has 6 nitrogen and oxygen atoms in total. The van der Waals surface area contributed by atoms with Crippen molar-refractivity contribution in [1.29, 1.82) is 0 Å². The van der Waals surface area contributed by atoms with Crippen molar-refractivity contribution in [2.75, 3.05) is 26.7 Å². The molecule has 0 aliphatic carbocycles. The molecule has 0 bridgehead atoms. The number of imide groups is 1. The molecule has 0 aromatic carbocycles.